The third-order valence-corrected chi connectivity index (χ3v) is 3.05. The fourth-order valence-electron chi connectivity index (χ4n) is 2.19. The topological polar surface area (TPSA) is 0 Å². The number of hydrogen-bond donors (Lipinski definition) is 0. The molecule has 0 atom stereocenters. The van der Waals surface area contributed by atoms with Crippen LogP contribution in [0, 0.1) is 12.8 Å². The van der Waals surface area contributed by atoms with Gasteiger partial charge < -0.3 is 0 Å². The molecule has 0 radical (unpaired) electrons. The lowest BCUT2D eigenvalue weighted by Gasteiger charge is -2.14. The minimum atomic E-state index is 1.05. The Balaban J connectivity index is 0.000000741. The Hall–Kier alpha value is -2.00. The van der Waals surface area contributed by atoms with Gasteiger partial charge in [0.25, 0.3) is 0 Å². The summed E-state index contributed by atoms with van der Waals surface area (Å²) < 4.78 is 0. The van der Waals surface area contributed by atoms with Gasteiger partial charge in [-0.05, 0) is 41.9 Å². The van der Waals surface area contributed by atoms with Crippen molar-refractivity contribution in [3.63, 3.8) is 0 Å². The maximum Gasteiger partial charge on any atom is -0.00578 e. The van der Waals surface area contributed by atoms with Crippen molar-refractivity contribution in [1.82, 2.24) is 0 Å². The fraction of sp³-hybridized carbons (Fsp3) is 0.263. The molecule has 0 nitrogen and oxygen atoms in total. The second-order valence-corrected chi connectivity index (χ2v) is 4.06. The molecule has 1 aliphatic carbocycles. The molecular weight excluding hydrogens is 228 g/mol. The first-order chi connectivity index (χ1) is 9.24. The van der Waals surface area contributed by atoms with Crippen LogP contribution < -0.4 is 10.4 Å². The summed E-state index contributed by atoms with van der Waals surface area (Å²) in [7, 11) is 0. The van der Waals surface area contributed by atoms with Crippen LogP contribution >= 0.6 is 0 Å². The first-order valence-electron chi connectivity index (χ1n) is 6.65. The molecule has 0 heteroatoms. The molecule has 0 amide bonds. The third-order valence-electron chi connectivity index (χ3n) is 3.05. The Kier molecular flexibility index (Phi) is 8.05. The van der Waals surface area contributed by atoms with Crippen molar-refractivity contribution in [1.29, 1.82) is 0 Å². The van der Waals surface area contributed by atoms with Crippen molar-refractivity contribution in [2.45, 2.75) is 34.1 Å². The first kappa shape index (κ1) is 17.0. The minimum absolute atomic E-state index is 1.05. The number of rotatable bonds is 1. The van der Waals surface area contributed by atoms with Crippen LogP contribution in [-0.4, -0.2) is 0 Å². The van der Waals surface area contributed by atoms with E-state index in [9.17, 15) is 0 Å². The van der Waals surface area contributed by atoms with E-state index in [0.717, 1.165) is 6.42 Å². The van der Waals surface area contributed by atoms with Gasteiger partial charge in [0.2, 0.25) is 0 Å². The predicted octanol–water partition coefficient (Wildman–Crippen LogP) is 3.82. The van der Waals surface area contributed by atoms with Gasteiger partial charge in [-0.1, -0.05) is 62.4 Å². The van der Waals surface area contributed by atoms with Gasteiger partial charge in [0.15, 0.2) is 0 Å². The van der Waals surface area contributed by atoms with Gasteiger partial charge in [-0.2, -0.15) is 0 Å². The van der Waals surface area contributed by atoms with Crippen molar-refractivity contribution >= 4 is 11.1 Å². The average molecular weight is 252 g/mol. The Morgan fingerprint density at radius 1 is 1.05 bits per heavy atom. The van der Waals surface area contributed by atoms with Gasteiger partial charge in [0.1, 0.15) is 0 Å². The summed E-state index contributed by atoms with van der Waals surface area (Å²) >= 11 is 0. The molecule has 0 aliphatic heterocycles. The summed E-state index contributed by atoms with van der Waals surface area (Å²) in [5.74, 6) is 0. The van der Waals surface area contributed by atoms with Gasteiger partial charge in [0, 0.05) is 0 Å². The first-order valence-corrected chi connectivity index (χ1v) is 6.65. The third kappa shape index (κ3) is 4.00. The van der Waals surface area contributed by atoms with Crippen LogP contribution in [0.4, 0.5) is 0 Å². The van der Waals surface area contributed by atoms with Crippen LogP contribution in [0.25, 0.3) is 11.1 Å². The Morgan fingerprint density at radius 2 is 1.58 bits per heavy atom. The van der Waals surface area contributed by atoms with E-state index in [1.807, 2.05) is 19.9 Å². The predicted molar refractivity (Wildman–Crippen MR) is 88.0 cm³/mol. The second kappa shape index (κ2) is 9.00. The number of terminal acetylenes is 1. The van der Waals surface area contributed by atoms with E-state index in [1.54, 1.807) is 0 Å². The van der Waals surface area contributed by atoms with E-state index in [2.05, 4.69) is 63.6 Å². The van der Waals surface area contributed by atoms with Crippen molar-refractivity contribution in [3.8, 4) is 12.8 Å². The van der Waals surface area contributed by atoms with E-state index < -0.39 is 0 Å². The molecule has 0 aromatic heterocycles. The Labute approximate surface area is 117 Å². The number of hydrogen-bond acceptors (Lipinski definition) is 0. The van der Waals surface area contributed by atoms with Crippen molar-refractivity contribution in [3.05, 3.63) is 59.0 Å². The van der Waals surface area contributed by atoms with Crippen molar-refractivity contribution in [2.24, 2.45) is 0 Å². The lowest BCUT2D eigenvalue weighted by Crippen LogP contribution is -2.31. The molecule has 0 heterocycles. The van der Waals surface area contributed by atoms with E-state index in [1.165, 1.54) is 27.2 Å². The molecule has 1 aromatic carbocycles. The zero-order valence-electron chi connectivity index (χ0n) is 12.5. The Morgan fingerprint density at radius 3 is 2.11 bits per heavy atom. The summed E-state index contributed by atoms with van der Waals surface area (Å²) in [6.45, 7) is 12.2. The molecule has 0 fully saturated rings. The van der Waals surface area contributed by atoms with Crippen molar-refractivity contribution in [2.75, 3.05) is 0 Å². The van der Waals surface area contributed by atoms with E-state index in [-0.39, 0.29) is 0 Å². The van der Waals surface area contributed by atoms with E-state index >= 15 is 0 Å². The van der Waals surface area contributed by atoms with Crippen LogP contribution in [0.5, 0.6) is 0 Å². The fourth-order valence-corrected chi connectivity index (χ4v) is 2.19. The maximum absolute atomic E-state index is 4.00. The van der Waals surface area contributed by atoms with Gasteiger partial charge in [-0.3, -0.25) is 0 Å². The van der Waals surface area contributed by atoms with Crippen LogP contribution in [0.2, 0.25) is 0 Å². The molecule has 19 heavy (non-hydrogen) atoms. The molecule has 0 saturated heterocycles. The molecule has 1 aromatic rings. The lowest BCUT2D eigenvalue weighted by molar-refractivity contribution is 1.20. The highest BCUT2D eigenvalue weighted by atomic mass is 14.1. The minimum Gasteiger partial charge on any atom is -0.124 e. The molecule has 0 bridgehead atoms. The average Bonchev–Trinajstić information content (AvgIpc) is 2.49. The summed E-state index contributed by atoms with van der Waals surface area (Å²) in [6.07, 6.45) is 13.0. The van der Waals surface area contributed by atoms with Gasteiger partial charge in [-0.25, -0.2) is 0 Å². The largest absolute Gasteiger partial charge is 0.124 e. The highest BCUT2D eigenvalue weighted by Gasteiger charge is 2.08. The normalized spacial score (nSPS) is 14.5. The zero-order valence-corrected chi connectivity index (χ0v) is 12.5. The SMILES string of the molecule is C#C.C=C/C=C1\CC(C)=c2ccccc2=C1C.CC. The highest BCUT2D eigenvalue weighted by Crippen LogP contribution is 2.20. The second-order valence-electron chi connectivity index (χ2n) is 4.06. The standard InChI is InChI=1S/C15H16.C2H6.C2H2/c1-4-7-13-10-11(2)14-8-5-6-9-15(14)12(13)3;2*1-2/h4-9H,1,10H2,2-3H3;1-2H3;1-2H/b13-7+;;. The Bertz CT molecular complexity index is 580. The summed E-state index contributed by atoms with van der Waals surface area (Å²) in [5, 5.41) is 2.77. The van der Waals surface area contributed by atoms with Crippen LogP contribution in [-0.2, 0) is 0 Å². The molecule has 0 N–H and O–H groups in total. The van der Waals surface area contributed by atoms with Gasteiger partial charge in [0.05, 0.1) is 0 Å². The monoisotopic (exact) mass is 252 g/mol. The summed E-state index contributed by atoms with van der Waals surface area (Å²) in [6, 6.07) is 8.62. The summed E-state index contributed by atoms with van der Waals surface area (Å²) in [4.78, 5) is 0. The molecular formula is C19H24. The summed E-state index contributed by atoms with van der Waals surface area (Å²) in [5.41, 5.74) is 4.22. The van der Waals surface area contributed by atoms with E-state index in [4.69, 9.17) is 0 Å². The lowest BCUT2D eigenvalue weighted by atomic mass is 9.90. The number of allylic oxidation sites excluding steroid dienone is 3. The quantitative estimate of drug-likeness (QED) is 0.667. The van der Waals surface area contributed by atoms with Gasteiger partial charge in [-0.15, -0.1) is 12.8 Å². The molecule has 0 saturated carbocycles. The zero-order chi connectivity index (χ0) is 14.8. The van der Waals surface area contributed by atoms with Crippen LogP contribution in [0.1, 0.15) is 34.1 Å². The van der Waals surface area contributed by atoms with Crippen LogP contribution in [0.15, 0.2) is 48.6 Å². The molecule has 0 spiro atoms. The molecule has 0 unspecified atom stereocenters. The smallest absolute Gasteiger partial charge is 0.00578 e. The molecule has 2 rings (SSSR count). The highest BCUT2D eigenvalue weighted by molar-refractivity contribution is 5.71. The molecule has 1 aliphatic rings. The molecule has 100 valence electrons. The van der Waals surface area contributed by atoms with Crippen molar-refractivity contribution < 1.29 is 0 Å². The number of benzene rings is 1. The number of fused-ring (bicyclic) bond motifs is 1. The maximum atomic E-state index is 4.00. The van der Waals surface area contributed by atoms with Crippen LogP contribution in [0.3, 0.4) is 0 Å². The van der Waals surface area contributed by atoms with E-state index in [0.29, 0.717) is 0 Å². The van der Waals surface area contributed by atoms with Gasteiger partial charge >= 0.3 is 0 Å².